The van der Waals surface area contributed by atoms with Gasteiger partial charge in [-0.15, -0.1) is 0 Å². The van der Waals surface area contributed by atoms with Crippen molar-refractivity contribution in [3.63, 3.8) is 0 Å². The lowest BCUT2D eigenvalue weighted by Crippen LogP contribution is -2.16. The standard InChI is InChI=1S/C15H12F3N3O3/c1-8-3-4-10(7-12(8)21(23)24)20-14(22)11-5-6-13(15(16,17)18)19-9(11)2/h3-7H,1-2H3,(H,20,22). The van der Waals surface area contributed by atoms with Crippen molar-refractivity contribution in [1.29, 1.82) is 0 Å². The average molecular weight is 339 g/mol. The minimum Gasteiger partial charge on any atom is -0.322 e. The average Bonchev–Trinajstić information content (AvgIpc) is 2.47. The van der Waals surface area contributed by atoms with E-state index in [9.17, 15) is 28.1 Å². The van der Waals surface area contributed by atoms with Gasteiger partial charge in [-0.3, -0.25) is 14.9 Å². The van der Waals surface area contributed by atoms with Crippen LogP contribution in [0.5, 0.6) is 0 Å². The second kappa shape index (κ2) is 6.26. The van der Waals surface area contributed by atoms with Gasteiger partial charge in [-0.1, -0.05) is 6.07 Å². The van der Waals surface area contributed by atoms with Crippen LogP contribution in [0.2, 0.25) is 0 Å². The highest BCUT2D eigenvalue weighted by Crippen LogP contribution is 2.28. The first-order chi connectivity index (χ1) is 11.1. The summed E-state index contributed by atoms with van der Waals surface area (Å²) in [5.74, 6) is -0.702. The van der Waals surface area contributed by atoms with E-state index in [1.165, 1.54) is 25.1 Å². The summed E-state index contributed by atoms with van der Waals surface area (Å²) in [5, 5.41) is 13.3. The molecule has 0 aliphatic rings. The van der Waals surface area contributed by atoms with E-state index in [1.807, 2.05) is 0 Å². The number of hydrogen-bond donors (Lipinski definition) is 1. The van der Waals surface area contributed by atoms with Crippen molar-refractivity contribution in [1.82, 2.24) is 4.98 Å². The molecule has 0 aliphatic carbocycles. The van der Waals surface area contributed by atoms with Gasteiger partial charge in [-0.2, -0.15) is 13.2 Å². The lowest BCUT2D eigenvalue weighted by atomic mass is 10.1. The number of amides is 1. The highest BCUT2D eigenvalue weighted by atomic mass is 19.4. The fourth-order valence-electron chi connectivity index (χ4n) is 2.04. The molecule has 24 heavy (non-hydrogen) atoms. The molecule has 0 atom stereocenters. The Morgan fingerprint density at radius 1 is 1.21 bits per heavy atom. The molecule has 1 aromatic heterocycles. The van der Waals surface area contributed by atoms with Gasteiger partial charge >= 0.3 is 6.18 Å². The maximum absolute atomic E-state index is 12.6. The number of halogens is 3. The Kier molecular flexibility index (Phi) is 4.54. The van der Waals surface area contributed by atoms with Crippen LogP contribution in [0.15, 0.2) is 30.3 Å². The van der Waals surface area contributed by atoms with Crippen LogP contribution < -0.4 is 5.32 Å². The van der Waals surface area contributed by atoms with Crippen molar-refractivity contribution in [3.8, 4) is 0 Å². The van der Waals surface area contributed by atoms with Crippen molar-refractivity contribution in [2.24, 2.45) is 0 Å². The number of benzene rings is 1. The molecule has 126 valence electrons. The number of aromatic nitrogens is 1. The molecule has 0 aliphatic heterocycles. The summed E-state index contributed by atoms with van der Waals surface area (Å²) in [5.41, 5.74) is -0.824. The van der Waals surface area contributed by atoms with Gasteiger partial charge in [0, 0.05) is 17.3 Å². The Bertz CT molecular complexity index is 819. The number of nitro groups is 1. The van der Waals surface area contributed by atoms with E-state index in [0.29, 0.717) is 11.6 Å². The smallest absolute Gasteiger partial charge is 0.322 e. The van der Waals surface area contributed by atoms with E-state index in [0.717, 1.165) is 6.07 Å². The van der Waals surface area contributed by atoms with Crippen molar-refractivity contribution in [2.75, 3.05) is 5.32 Å². The zero-order chi connectivity index (χ0) is 18.1. The Morgan fingerprint density at radius 2 is 1.88 bits per heavy atom. The van der Waals surface area contributed by atoms with E-state index in [2.05, 4.69) is 10.3 Å². The third-order valence-electron chi connectivity index (χ3n) is 3.28. The van der Waals surface area contributed by atoms with Gasteiger partial charge in [0.1, 0.15) is 5.69 Å². The van der Waals surface area contributed by atoms with E-state index < -0.39 is 22.7 Å². The Balaban J connectivity index is 2.28. The summed E-state index contributed by atoms with van der Waals surface area (Å²) < 4.78 is 37.7. The van der Waals surface area contributed by atoms with Crippen LogP contribution >= 0.6 is 0 Å². The molecule has 0 unspecified atom stereocenters. The van der Waals surface area contributed by atoms with Gasteiger partial charge in [-0.25, -0.2) is 4.98 Å². The van der Waals surface area contributed by atoms with Crippen LogP contribution in [0.3, 0.4) is 0 Å². The number of carbonyl (C=O) groups is 1. The van der Waals surface area contributed by atoms with Gasteiger partial charge in [0.25, 0.3) is 11.6 Å². The third kappa shape index (κ3) is 3.67. The summed E-state index contributed by atoms with van der Waals surface area (Å²) in [4.78, 5) is 25.8. The number of rotatable bonds is 3. The first-order valence-electron chi connectivity index (χ1n) is 6.71. The molecule has 0 bridgehead atoms. The van der Waals surface area contributed by atoms with Crippen molar-refractivity contribution >= 4 is 17.3 Å². The number of nitro benzene ring substituents is 1. The Labute approximate surface area is 134 Å². The largest absolute Gasteiger partial charge is 0.433 e. The predicted molar refractivity (Wildman–Crippen MR) is 79.8 cm³/mol. The van der Waals surface area contributed by atoms with Gasteiger partial charge in [0.2, 0.25) is 0 Å². The summed E-state index contributed by atoms with van der Waals surface area (Å²) in [6.07, 6.45) is -4.60. The summed E-state index contributed by atoms with van der Waals surface area (Å²) in [6, 6.07) is 5.83. The SMILES string of the molecule is Cc1ccc(NC(=O)c2ccc(C(F)(F)F)nc2C)cc1[N+](=O)[O-]. The van der Waals surface area contributed by atoms with Crippen molar-refractivity contribution in [3.05, 3.63) is 63.0 Å². The number of aryl methyl sites for hydroxylation is 2. The molecule has 6 nitrogen and oxygen atoms in total. The normalized spacial score (nSPS) is 11.2. The second-order valence-corrected chi connectivity index (χ2v) is 5.04. The highest BCUT2D eigenvalue weighted by Gasteiger charge is 2.33. The molecular weight excluding hydrogens is 327 g/mol. The number of carbonyl (C=O) groups excluding carboxylic acids is 1. The zero-order valence-electron chi connectivity index (χ0n) is 12.6. The lowest BCUT2D eigenvalue weighted by molar-refractivity contribution is -0.385. The van der Waals surface area contributed by atoms with E-state index in [1.54, 1.807) is 6.92 Å². The van der Waals surface area contributed by atoms with Crippen LogP contribution in [0.4, 0.5) is 24.5 Å². The van der Waals surface area contributed by atoms with E-state index in [-0.39, 0.29) is 22.6 Å². The summed E-state index contributed by atoms with van der Waals surface area (Å²) >= 11 is 0. The van der Waals surface area contributed by atoms with Gasteiger partial charge in [0.15, 0.2) is 0 Å². The Morgan fingerprint density at radius 3 is 2.42 bits per heavy atom. The molecule has 1 heterocycles. The minimum atomic E-state index is -4.60. The third-order valence-corrected chi connectivity index (χ3v) is 3.28. The van der Waals surface area contributed by atoms with Crippen LogP contribution in [0.25, 0.3) is 0 Å². The molecule has 1 N–H and O–H groups in total. The van der Waals surface area contributed by atoms with Gasteiger partial charge in [-0.05, 0) is 32.0 Å². The highest BCUT2D eigenvalue weighted by molar-refractivity contribution is 6.05. The van der Waals surface area contributed by atoms with Crippen LogP contribution in [0.1, 0.15) is 27.3 Å². The zero-order valence-corrected chi connectivity index (χ0v) is 12.6. The number of alkyl halides is 3. The lowest BCUT2D eigenvalue weighted by Gasteiger charge is -2.10. The number of anilines is 1. The van der Waals surface area contributed by atoms with E-state index >= 15 is 0 Å². The topological polar surface area (TPSA) is 85.1 Å². The fourth-order valence-corrected chi connectivity index (χ4v) is 2.04. The number of hydrogen-bond acceptors (Lipinski definition) is 4. The fraction of sp³-hybridized carbons (Fsp3) is 0.200. The van der Waals surface area contributed by atoms with Crippen molar-refractivity contribution in [2.45, 2.75) is 20.0 Å². The number of nitrogens with one attached hydrogen (secondary N) is 1. The van der Waals surface area contributed by atoms with Crippen LogP contribution in [-0.2, 0) is 6.18 Å². The summed E-state index contributed by atoms with van der Waals surface area (Å²) in [7, 11) is 0. The maximum atomic E-state index is 12.6. The van der Waals surface area contributed by atoms with Gasteiger partial charge in [0.05, 0.1) is 16.2 Å². The molecule has 1 amide bonds. The Hall–Kier alpha value is -2.97. The van der Waals surface area contributed by atoms with Gasteiger partial charge < -0.3 is 5.32 Å². The quantitative estimate of drug-likeness (QED) is 0.679. The molecule has 0 spiro atoms. The molecule has 0 saturated heterocycles. The maximum Gasteiger partial charge on any atom is 0.433 e. The van der Waals surface area contributed by atoms with Crippen LogP contribution in [-0.4, -0.2) is 15.8 Å². The first kappa shape index (κ1) is 17.4. The molecular formula is C15H12F3N3O3. The second-order valence-electron chi connectivity index (χ2n) is 5.04. The molecule has 0 saturated carbocycles. The monoisotopic (exact) mass is 339 g/mol. The van der Waals surface area contributed by atoms with E-state index in [4.69, 9.17) is 0 Å². The first-order valence-corrected chi connectivity index (χ1v) is 6.71. The number of nitrogens with zero attached hydrogens (tertiary/aromatic N) is 2. The minimum absolute atomic E-state index is 0.0498. The molecule has 1 aromatic carbocycles. The molecule has 2 aromatic rings. The number of pyridine rings is 1. The molecule has 9 heteroatoms. The molecule has 0 radical (unpaired) electrons. The summed E-state index contributed by atoms with van der Waals surface area (Å²) in [6.45, 7) is 2.83. The molecule has 2 rings (SSSR count). The predicted octanol–water partition coefficient (Wildman–Crippen LogP) is 3.88. The van der Waals surface area contributed by atoms with Crippen molar-refractivity contribution < 1.29 is 22.9 Å². The van der Waals surface area contributed by atoms with Crippen LogP contribution in [0, 0.1) is 24.0 Å². The molecule has 0 fully saturated rings.